The summed E-state index contributed by atoms with van der Waals surface area (Å²) >= 11 is 11.8. The van der Waals surface area contributed by atoms with E-state index in [1.807, 2.05) is 6.92 Å². The van der Waals surface area contributed by atoms with Crippen LogP contribution < -0.4 is 0 Å². The van der Waals surface area contributed by atoms with Crippen LogP contribution in [0.15, 0.2) is 0 Å². The first-order valence-electron chi connectivity index (χ1n) is 4.70. The van der Waals surface area contributed by atoms with E-state index >= 15 is 0 Å². The number of aliphatic hydroxyl groups excluding tert-OH is 1. The number of hydrogen-bond acceptors (Lipinski definition) is 2. The summed E-state index contributed by atoms with van der Waals surface area (Å²) in [4.78, 5) is 13.0. The number of aliphatic hydroxyl groups is 1. The van der Waals surface area contributed by atoms with Gasteiger partial charge in [0.2, 0.25) is 0 Å². The second-order valence-electron chi connectivity index (χ2n) is 3.26. The Hall–Kier alpha value is 0.01000. The van der Waals surface area contributed by atoms with Gasteiger partial charge in [-0.25, -0.2) is 0 Å². The van der Waals surface area contributed by atoms with Gasteiger partial charge in [0.25, 0.3) is 5.91 Å². The van der Waals surface area contributed by atoms with Gasteiger partial charge in [-0.15, -0.1) is 0 Å². The molecule has 0 aromatic carbocycles. The standard InChI is InChI=1S/C9H17Cl2NO2/c1-3-4-5-9(10,11)8(14)12(2)6-7-13/h13H,3-7H2,1-2H3. The molecule has 0 heterocycles. The molecule has 0 aromatic heterocycles. The quantitative estimate of drug-likeness (QED) is 0.721. The van der Waals surface area contributed by atoms with Crippen molar-refractivity contribution in [2.45, 2.75) is 30.5 Å². The smallest absolute Gasteiger partial charge is 0.258 e. The van der Waals surface area contributed by atoms with E-state index < -0.39 is 4.33 Å². The van der Waals surface area contributed by atoms with Crippen molar-refractivity contribution >= 4 is 29.1 Å². The first-order chi connectivity index (χ1) is 6.45. The monoisotopic (exact) mass is 241 g/mol. The summed E-state index contributed by atoms with van der Waals surface area (Å²) in [7, 11) is 1.57. The highest BCUT2D eigenvalue weighted by molar-refractivity contribution is 6.58. The summed E-state index contributed by atoms with van der Waals surface area (Å²) in [6, 6.07) is 0. The number of likely N-dealkylation sites (N-methyl/N-ethyl adjacent to an activating group) is 1. The fourth-order valence-electron chi connectivity index (χ4n) is 1.04. The van der Waals surface area contributed by atoms with Crippen LogP contribution in [0.4, 0.5) is 0 Å². The van der Waals surface area contributed by atoms with Crippen molar-refractivity contribution in [3.8, 4) is 0 Å². The number of alkyl halides is 2. The van der Waals surface area contributed by atoms with Crippen LogP contribution in [0.5, 0.6) is 0 Å². The Bertz CT molecular complexity index is 186. The zero-order chi connectivity index (χ0) is 11.2. The first-order valence-corrected chi connectivity index (χ1v) is 5.45. The van der Waals surface area contributed by atoms with Gasteiger partial charge in [-0.2, -0.15) is 0 Å². The first kappa shape index (κ1) is 14.0. The second kappa shape index (κ2) is 6.49. The number of carbonyl (C=O) groups excluding carboxylic acids is 1. The number of hydrogen-bond donors (Lipinski definition) is 1. The molecule has 1 amide bonds. The third-order valence-corrected chi connectivity index (χ3v) is 2.64. The number of amides is 1. The van der Waals surface area contributed by atoms with E-state index in [0.29, 0.717) is 6.42 Å². The second-order valence-corrected chi connectivity index (χ2v) is 4.74. The van der Waals surface area contributed by atoms with Crippen LogP contribution in [-0.2, 0) is 4.79 Å². The van der Waals surface area contributed by atoms with E-state index in [0.717, 1.165) is 12.8 Å². The fourth-order valence-corrected chi connectivity index (χ4v) is 1.59. The lowest BCUT2D eigenvalue weighted by Gasteiger charge is -2.24. The average molecular weight is 242 g/mol. The van der Waals surface area contributed by atoms with Crippen molar-refractivity contribution in [3.63, 3.8) is 0 Å². The molecule has 1 N–H and O–H groups in total. The molecule has 0 unspecified atom stereocenters. The molecular weight excluding hydrogens is 225 g/mol. The molecule has 0 rings (SSSR count). The topological polar surface area (TPSA) is 40.5 Å². The maximum atomic E-state index is 11.6. The fraction of sp³-hybridized carbons (Fsp3) is 0.889. The molecule has 0 aromatic rings. The third kappa shape index (κ3) is 4.49. The van der Waals surface area contributed by atoms with Crippen molar-refractivity contribution in [1.82, 2.24) is 4.90 Å². The zero-order valence-corrected chi connectivity index (χ0v) is 10.1. The third-order valence-electron chi connectivity index (χ3n) is 1.94. The zero-order valence-electron chi connectivity index (χ0n) is 8.59. The maximum Gasteiger partial charge on any atom is 0.258 e. The summed E-state index contributed by atoms with van der Waals surface area (Å²) in [5, 5.41) is 8.65. The summed E-state index contributed by atoms with van der Waals surface area (Å²) in [5.41, 5.74) is 0. The summed E-state index contributed by atoms with van der Waals surface area (Å²) in [6.07, 6.45) is 2.20. The van der Waals surface area contributed by atoms with E-state index in [-0.39, 0.29) is 19.1 Å². The van der Waals surface area contributed by atoms with Crippen LogP contribution in [0, 0.1) is 0 Å². The van der Waals surface area contributed by atoms with Crippen LogP contribution in [-0.4, -0.2) is 40.4 Å². The predicted molar refractivity (Wildman–Crippen MR) is 58.7 cm³/mol. The largest absolute Gasteiger partial charge is 0.395 e. The minimum Gasteiger partial charge on any atom is -0.395 e. The summed E-state index contributed by atoms with van der Waals surface area (Å²) < 4.78 is -1.35. The molecule has 14 heavy (non-hydrogen) atoms. The average Bonchev–Trinajstić information content (AvgIpc) is 2.14. The molecule has 0 saturated heterocycles. The van der Waals surface area contributed by atoms with E-state index in [2.05, 4.69) is 0 Å². The van der Waals surface area contributed by atoms with Gasteiger partial charge in [-0.3, -0.25) is 4.79 Å². The van der Waals surface area contributed by atoms with E-state index in [4.69, 9.17) is 28.3 Å². The summed E-state index contributed by atoms with van der Waals surface area (Å²) in [5.74, 6) is -0.344. The van der Waals surface area contributed by atoms with Crippen LogP contribution in [0.2, 0.25) is 0 Å². The van der Waals surface area contributed by atoms with Crippen molar-refractivity contribution in [1.29, 1.82) is 0 Å². The number of unbranched alkanes of at least 4 members (excludes halogenated alkanes) is 1. The van der Waals surface area contributed by atoms with Gasteiger partial charge in [-0.1, -0.05) is 43.0 Å². The van der Waals surface area contributed by atoms with Crippen LogP contribution in [0.1, 0.15) is 26.2 Å². The molecule has 0 fully saturated rings. The Labute approximate surface area is 95.0 Å². The minimum absolute atomic E-state index is 0.0835. The van der Waals surface area contributed by atoms with Crippen molar-refractivity contribution < 1.29 is 9.90 Å². The molecule has 84 valence electrons. The van der Waals surface area contributed by atoms with Crippen molar-refractivity contribution in [3.05, 3.63) is 0 Å². The molecule has 0 bridgehead atoms. The van der Waals surface area contributed by atoms with Gasteiger partial charge in [0.05, 0.1) is 6.61 Å². The Morgan fingerprint density at radius 2 is 2.07 bits per heavy atom. The van der Waals surface area contributed by atoms with Gasteiger partial charge in [0, 0.05) is 13.6 Å². The molecule has 0 aliphatic heterocycles. The molecule has 0 radical (unpaired) electrons. The lowest BCUT2D eigenvalue weighted by molar-refractivity contribution is -0.131. The van der Waals surface area contributed by atoms with Crippen LogP contribution >= 0.6 is 23.2 Å². The van der Waals surface area contributed by atoms with E-state index in [9.17, 15) is 4.79 Å². The number of nitrogens with zero attached hydrogens (tertiary/aromatic N) is 1. The highest BCUT2D eigenvalue weighted by atomic mass is 35.5. The van der Waals surface area contributed by atoms with Crippen molar-refractivity contribution in [2.24, 2.45) is 0 Å². The number of halogens is 2. The van der Waals surface area contributed by atoms with Gasteiger partial charge in [0.15, 0.2) is 4.33 Å². The van der Waals surface area contributed by atoms with Crippen molar-refractivity contribution in [2.75, 3.05) is 20.2 Å². The maximum absolute atomic E-state index is 11.6. The molecule has 0 aliphatic rings. The molecular formula is C9H17Cl2NO2. The highest BCUT2D eigenvalue weighted by Crippen LogP contribution is 2.29. The Balaban J connectivity index is 4.18. The van der Waals surface area contributed by atoms with E-state index in [1.165, 1.54) is 4.90 Å². The molecule has 3 nitrogen and oxygen atoms in total. The van der Waals surface area contributed by atoms with Gasteiger partial charge in [-0.05, 0) is 6.42 Å². The van der Waals surface area contributed by atoms with Gasteiger partial charge >= 0.3 is 0 Å². The van der Waals surface area contributed by atoms with Crippen LogP contribution in [0.25, 0.3) is 0 Å². The lowest BCUT2D eigenvalue weighted by Crippen LogP contribution is -2.41. The van der Waals surface area contributed by atoms with E-state index in [1.54, 1.807) is 7.05 Å². The molecule has 0 aliphatic carbocycles. The number of rotatable bonds is 6. The normalized spacial score (nSPS) is 11.5. The molecule has 5 heteroatoms. The SMILES string of the molecule is CCCCC(Cl)(Cl)C(=O)N(C)CCO. The Morgan fingerprint density at radius 3 is 2.50 bits per heavy atom. The summed E-state index contributed by atoms with van der Waals surface area (Å²) in [6.45, 7) is 2.18. The molecule has 0 saturated carbocycles. The van der Waals surface area contributed by atoms with Gasteiger partial charge in [0.1, 0.15) is 0 Å². The predicted octanol–water partition coefficient (Wildman–Crippen LogP) is 1.80. The highest BCUT2D eigenvalue weighted by Gasteiger charge is 2.35. The minimum atomic E-state index is -1.35. The number of carbonyl (C=O) groups is 1. The Morgan fingerprint density at radius 1 is 1.50 bits per heavy atom. The lowest BCUT2D eigenvalue weighted by atomic mass is 10.2. The Kier molecular flexibility index (Phi) is 6.49. The molecule has 0 atom stereocenters. The van der Waals surface area contributed by atoms with Gasteiger partial charge < -0.3 is 10.0 Å². The molecule has 0 spiro atoms. The van der Waals surface area contributed by atoms with Crippen LogP contribution in [0.3, 0.4) is 0 Å².